The molecule has 0 saturated heterocycles. The van der Waals surface area contributed by atoms with Gasteiger partial charge in [0.15, 0.2) is 0 Å². The van der Waals surface area contributed by atoms with Gasteiger partial charge in [-0.05, 0) is 42.8 Å². The minimum Gasteiger partial charge on any atom is -0.440 e. The second-order valence-corrected chi connectivity index (χ2v) is 8.27. The summed E-state index contributed by atoms with van der Waals surface area (Å²) in [7, 11) is 0. The number of hydrogen-bond acceptors (Lipinski definition) is 5. The van der Waals surface area contributed by atoms with E-state index in [9.17, 15) is 4.79 Å². The lowest BCUT2D eigenvalue weighted by molar-refractivity contribution is -0.120. The maximum Gasteiger partial charge on any atom is 0.236 e. The molecule has 4 rings (SSSR count). The molecule has 1 unspecified atom stereocenters. The van der Waals surface area contributed by atoms with E-state index in [2.05, 4.69) is 46.4 Å². The number of thiophene rings is 1. The van der Waals surface area contributed by atoms with Gasteiger partial charge in [-0.1, -0.05) is 30.3 Å². The zero-order valence-electron chi connectivity index (χ0n) is 16.3. The summed E-state index contributed by atoms with van der Waals surface area (Å²) in [6, 6.07) is 12.8. The predicted octanol–water partition coefficient (Wildman–Crippen LogP) is 3.82. The first-order valence-corrected chi connectivity index (χ1v) is 10.6. The second-order valence-electron chi connectivity index (χ2n) is 7.32. The first-order valence-electron chi connectivity index (χ1n) is 9.68. The van der Waals surface area contributed by atoms with Gasteiger partial charge in [-0.15, -0.1) is 11.3 Å². The quantitative estimate of drug-likeness (QED) is 0.689. The Bertz CT molecular complexity index is 949. The molecule has 28 heavy (non-hydrogen) atoms. The monoisotopic (exact) mass is 395 g/mol. The third-order valence-corrected chi connectivity index (χ3v) is 6.19. The van der Waals surface area contributed by atoms with Crippen molar-refractivity contribution in [3.05, 3.63) is 64.4 Å². The molecule has 0 radical (unpaired) electrons. The molecule has 0 fully saturated rings. The number of hydrogen-bond donors (Lipinski definition) is 1. The number of aromatic nitrogens is 1. The minimum atomic E-state index is -0.0154. The minimum absolute atomic E-state index is 0.0154. The fourth-order valence-electron chi connectivity index (χ4n) is 3.60. The van der Waals surface area contributed by atoms with E-state index in [1.54, 1.807) is 11.3 Å². The van der Waals surface area contributed by atoms with Crippen LogP contribution in [-0.2, 0) is 24.2 Å². The molecule has 5 nitrogen and oxygen atoms in total. The zero-order chi connectivity index (χ0) is 19.5. The van der Waals surface area contributed by atoms with E-state index in [-0.39, 0.29) is 18.4 Å². The highest BCUT2D eigenvalue weighted by Gasteiger charge is 2.21. The number of nitrogens with zero attached hydrogens (tertiary/aromatic N) is 2. The molecule has 0 saturated carbocycles. The fraction of sp³-hybridized carbons (Fsp3) is 0.364. The summed E-state index contributed by atoms with van der Waals surface area (Å²) >= 11 is 1.58. The van der Waals surface area contributed by atoms with Crippen molar-refractivity contribution in [2.75, 3.05) is 13.1 Å². The lowest BCUT2D eigenvalue weighted by Crippen LogP contribution is -2.44. The molecule has 2 aromatic heterocycles. The molecule has 0 spiro atoms. The van der Waals surface area contributed by atoms with Gasteiger partial charge in [0, 0.05) is 25.7 Å². The third kappa shape index (κ3) is 4.18. The van der Waals surface area contributed by atoms with Crippen LogP contribution in [0.25, 0.3) is 10.8 Å². The fourth-order valence-corrected chi connectivity index (χ4v) is 4.25. The SMILES string of the molecule is Cc1oc(-c2cccs2)nc1CC(=O)NCC(C)N1CCc2ccccc2C1. The lowest BCUT2D eigenvalue weighted by atomic mass is 9.99. The van der Waals surface area contributed by atoms with Crippen LogP contribution in [0.15, 0.2) is 46.2 Å². The highest BCUT2D eigenvalue weighted by molar-refractivity contribution is 7.13. The van der Waals surface area contributed by atoms with Crippen molar-refractivity contribution in [1.29, 1.82) is 0 Å². The van der Waals surface area contributed by atoms with E-state index >= 15 is 0 Å². The van der Waals surface area contributed by atoms with Crippen LogP contribution in [0, 0.1) is 6.92 Å². The van der Waals surface area contributed by atoms with Gasteiger partial charge < -0.3 is 9.73 Å². The molecule has 0 aliphatic carbocycles. The smallest absolute Gasteiger partial charge is 0.236 e. The van der Waals surface area contributed by atoms with E-state index in [4.69, 9.17) is 4.42 Å². The molecule has 1 atom stereocenters. The van der Waals surface area contributed by atoms with Crippen molar-refractivity contribution < 1.29 is 9.21 Å². The topological polar surface area (TPSA) is 58.4 Å². The zero-order valence-corrected chi connectivity index (χ0v) is 17.1. The summed E-state index contributed by atoms with van der Waals surface area (Å²) in [6.07, 6.45) is 1.31. The Balaban J connectivity index is 1.30. The summed E-state index contributed by atoms with van der Waals surface area (Å²) in [5, 5.41) is 5.05. The summed E-state index contributed by atoms with van der Waals surface area (Å²) in [6.45, 7) is 6.64. The van der Waals surface area contributed by atoms with Gasteiger partial charge in [-0.25, -0.2) is 4.98 Å². The summed E-state index contributed by atoms with van der Waals surface area (Å²) in [5.74, 6) is 1.29. The summed E-state index contributed by atoms with van der Waals surface area (Å²) in [5.41, 5.74) is 3.55. The predicted molar refractivity (Wildman–Crippen MR) is 111 cm³/mol. The van der Waals surface area contributed by atoms with E-state index in [1.165, 1.54) is 11.1 Å². The first-order chi connectivity index (χ1) is 13.6. The number of amides is 1. The highest BCUT2D eigenvalue weighted by Crippen LogP contribution is 2.26. The molecular weight excluding hydrogens is 370 g/mol. The van der Waals surface area contributed by atoms with Gasteiger partial charge in [-0.2, -0.15) is 0 Å². The molecule has 1 amide bonds. The largest absolute Gasteiger partial charge is 0.440 e. The van der Waals surface area contributed by atoms with Crippen molar-refractivity contribution in [3.63, 3.8) is 0 Å². The molecule has 3 aromatic rings. The number of carbonyl (C=O) groups is 1. The van der Waals surface area contributed by atoms with Gasteiger partial charge in [0.05, 0.1) is 17.0 Å². The molecular formula is C22H25N3O2S. The van der Waals surface area contributed by atoms with Gasteiger partial charge in [0.2, 0.25) is 11.8 Å². The van der Waals surface area contributed by atoms with Crippen LogP contribution in [0.5, 0.6) is 0 Å². The standard InChI is InChI=1S/C22H25N3O2S/c1-15(25-10-9-17-6-3-4-7-18(17)14-25)13-23-21(26)12-19-16(2)27-22(24-19)20-8-5-11-28-20/h3-8,11,15H,9-10,12-14H2,1-2H3,(H,23,26). The molecule has 1 aliphatic heterocycles. The van der Waals surface area contributed by atoms with Crippen molar-refractivity contribution in [2.24, 2.45) is 0 Å². The Morgan fingerprint density at radius 1 is 1.29 bits per heavy atom. The van der Waals surface area contributed by atoms with Crippen LogP contribution in [0.3, 0.4) is 0 Å². The van der Waals surface area contributed by atoms with Gasteiger partial charge >= 0.3 is 0 Å². The van der Waals surface area contributed by atoms with Crippen molar-refractivity contribution >= 4 is 17.2 Å². The molecule has 1 aromatic carbocycles. The van der Waals surface area contributed by atoms with Crippen LogP contribution in [0.1, 0.15) is 29.5 Å². The van der Waals surface area contributed by atoms with Crippen LogP contribution in [0.2, 0.25) is 0 Å². The number of rotatable bonds is 6. The van der Waals surface area contributed by atoms with Crippen molar-refractivity contribution in [1.82, 2.24) is 15.2 Å². The van der Waals surface area contributed by atoms with Crippen LogP contribution < -0.4 is 5.32 Å². The molecule has 6 heteroatoms. The van der Waals surface area contributed by atoms with Crippen LogP contribution in [-0.4, -0.2) is 34.9 Å². The number of nitrogens with one attached hydrogen (secondary N) is 1. The second kappa shape index (κ2) is 8.29. The highest BCUT2D eigenvalue weighted by atomic mass is 32.1. The Kier molecular flexibility index (Phi) is 5.59. The van der Waals surface area contributed by atoms with Crippen LogP contribution in [0.4, 0.5) is 0 Å². The Labute approximate surface area is 169 Å². The molecule has 0 bridgehead atoms. The van der Waals surface area contributed by atoms with Crippen LogP contribution >= 0.6 is 11.3 Å². The van der Waals surface area contributed by atoms with E-state index in [1.807, 2.05) is 24.4 Å². The van der Waals surface area contributed by atoms with Gasteiger partial charge in [0.25, 0.3) is 0 Å². The number of benzene rings is 1. The lowest BCUT2D eigenvalue weighted by Gasteiger charge is -2.33. The number of carbonyl (C=O) groups excluding carboxylic acids is 1. The molecule has 3 heterocycles. The van der Waals surface area contributed by atoms with Crippen molar-refractivity contribution in [3.8, 4) is 10.8 Å². The third-order valence-electron chi connectivity index (χ3n) is 5.33. The average Bonchev–Trinajstić information content (AvgIpc) is 3.36. The maximum atomic E-state index is 12.4. The summed E-state index contributed by atoms with van der Waals surface area (Å²) in [4.78, 5) is 20.4. The van der Waals surface area contributed by atoms with Gasteiger partial charge in [-0.3, -0.25) is 9.69 Å². The van der Waals surface area contributed by atoms with E-state index in [0.717, 1.165) is 24.4 Å². The van der Waals surface area contributed by atoms with E-state index < -0.39 is 0 Å². The first kappa shape index (κ1) is 18.9. The summed E-state index contributed by atoms with van der Waals surface area (Å²) < 4.78 is 5.73. The molecule has 1 aliphatic rings. The Morgan fingerprint density at radius 2 is 2.11 bits per heavy atom. The number of aryl methyl sites for hydroxylation is 1. The van der Waals surface area contributed by atoms with E-state index in [0.29, 0.717) is 23.9 Å². The average molecular weight is 396 g/mol. The molecule has 146 valence electrons. The number of oxazole rings is 1. The molecule has 1 N–H and O–H groups in total. The Hall–Kier alpha value is -2.44. The number of fused-ring (bicyclic) bond motifs is 1. The normalized spacial score (nSPS) is 15.2. The maximum absolute atomic E-state index is 12.4. The van der Waals surface area contributed by atoms with Gasteiger partial charge in [0.1, 0.15) is 5.76 Å². The van der Waals surface area contributed by atoms with Crippen molar-refractivity contribution in [2.45, 2.75) is 39.3 Å². The Morgan fingerprint density at radius 3 is 2.89 bits per heavy atom.